The summed E-state index contributed by atoms with van der Waals surface area (Å²) >= 11 is 0. The van der Waals surface area contributed by atoms with Crippen LogP contribution in [0, 0.1) is 5.92 Å². The van der Waals surface area contributed by atoms with Crippen LogP contribution in [-0.4, -0.2) is 26.1 Å². The highest BCUT2D eigenvalue weighted by molar-refractivity contribution is 6.05. The Labute approximate surface area is 169 Å². The van der Waals surface area contributed by atoms with E-state index in [1.807, 2.05) is 24.3 Å². The Morgan fingerprint density at radius 3 is 2.45 bits per heavy atom. The number of urea groups is 1. The Hall–Kier alpha value is -3.42. The zero-order valence-corrected chi connectivity index (χ0v) is 16.8. The van der Waals surface area contributed by atoms with Crippen molar-refractivity contribution < 1.29 is 14.3 Å². The minimum Gasteiger partial charge on any atom is -0.496 e. The highest BCUT2D eigenvalue weighted by Gasteiger charge is 2.35. The molecule has 0 bridgehead atoms. The number of carbonyl (C=O) groups excluding carboxylic acids is 2. The van der Waals surface area contributed by atoms with E-state index in [2.05, 4.69) is 40.4 Å². The lowest BCUT2D eigenvalue weighted by Crippen LogP contribution is -2.24. The molecule has 0 saturated heterocycles. The van der Waals surface area contributed by atoms with Crippen LogP contribution >= 0.6 is 0 Å². The van der Waals surface area contributed by atoms with Gasteiger partial charge in [0.15, 0.2) is 0 Å². The van der Waals surface area contributed by atoms with Crippen molar-refractivity contribution in [2.45, 2.75) is 25.9 Å². The predicted octanol–water partition coefficient (Wildman–Crippen LogP) is 3.67. The van der Waals surface area contributed by atoms with E-state index < -0.39 is 0 Å². The average Bonchev–Trinajstić information content (AvgIpc) is 3.24. The van der Waals surface area contributed by atoms with Gasteiger partial charge in [0.2, 0.25) is 5.91 Å². The molecule has 2 aliphatic rings. The van der Waals surface area contributed by atoms with E-state index in [1.54, 1.807) is 20.2 Å². The molecule has 29 heavy (non-hydrogen) atoms. The monoisotopic (exact) mass is 395 g/mol. The van der Waals surface area contributed by atoms with Gasteiger partial charge in [0, 0.05) is 30.1 Å². The molecule has 0 fully saturated rings. The first-order chi connectivity index (χ1) is 13.9. The van der Waals surface area contributed by atoms with E-state index in [4.69, 9.17) is 4.74 Å². The lowest BCUT2D eigenvalue weighted by Gasteiger charge is -2.18. The van der Waals surface area contributed by atoms with Crippen LogP contribution in [-0.2, 0) is 4.79 Å². The molecular formula is C21H25N5O3. The number of methoxy groups -OCH3 is 1. The van der Waals surface area contributed by atoms with Crippen molar-refractivity contribution >= 4 is 34.7 Å². The number of fused-ring (bicyclic) bond motifs is 2. The number of hydrogen-bond donors (Lipinski definition) is 5. The zero-order chi connectivity index (χ0) is 20.7. The lowest BCUT2D eigenvalue weighted by molar-refractivity contribution is -0.117. The van der Waals surface area contributed by atoms with Gasteiger partial charge in [-0.3, -0.25) is 4.79 Å². The van der Waals surface area contributed by atoms with Crippen LogP contribution in [0.15, 0.2) is 30.3 Å². The first-order valence-corrected chi connectivity index (χ1v) is 9.59. The van der Waals surface area contributed by atoms with Crippen LogP contribution in [0.3, 0.4) is 0 Å². The van der Waals surface area contributed by atoms with Crippen molar-refractivity contribution in [3.05, 3.63) is 41.5 Å². The number of anilines is 4. The molecule has 0 saturated carbocycles. The van der Waals surface area contributed by atoms with Crippen LogP contribution in [0.25, 0.3) is 0 Å². The third-order valence-electron chi connectivity index (χ3n) is 5.36. The smallest absolute Gasteiger partial charge is 0.318 e. The standard InChI is InChI=1S/C21H25N5O3/c1-10(2)18-13-8-15-16(9-14(13)26-20(18)27)25-19(24-15)12-6-5-11(7-17(12)29-4)23-21(28)22-3/h5-10,18-19,24-25H,1-4H3,(H,26,27)(H2,22,23,28). The molecule has 2 heterocycles. The van der Waals surface area contributed by atoms with E-state index in [0.717, 1.165) is 28.2 Å². The van der Waals surface area contributed by atoms with Crippen molar-refractivity contribution in [2.75, 3.05) is 35.4 Å². The summed E-state index contributed by atoms with van der Waals surface area (Å²) in [5.74, 6) is 0.786. The largest absolute Gasteiger partial charge is 0.496 e. The molecule has 0 aliphatic carbocycles. The maximum atomic E-state index is 12.3. The third kappa shape index (κ3) is 3.30. The maximum absolute atomic E-state index is 12.3. The molecule has 8 heteroatoms. The molecule has 2 atom stereocenters. The topological polar surface area (TPSA) is 104 Å². The summed E-state index contributed by atoms with van der Waals surface area (Å²) in [6.45, 7) is 4.11. The number of rotatable bonds is 4. The Morgan fingerprint density at radius 2 is 1.79 bits per heavy atom. The summed E-state index contributed by atoms with van der Waals surface area (Å²) in [5.41, 5.74) is 5.31. The molecule has 2 aliphatic heterocycles. The van der Waals surface area contributed by atoms with Crippen molar-refractivity contribution in [3.63, 3.8) is 0 Å². The molecule has 2 unspecified atom stereocenters. The molecular weight excluding hydrogens is 370 g/mol. The molecule has 0 radical (unpaired) electrons. The predicted molar refractivity (Wildman–Crippen MR) is 114 cm³/mol. The molecule has 5 N–H and O–H groups in total. The summed E-state index contributed by atoms with van der Waals surface area (Å²) in [7, 11) is 3.16. The molecule has 2 aromatic carbocycles. The fraction of sp³-hybridized carbons (Fsp3) is 0.333. The fourth-order valence-electron chi connectivity index (χ4n) is 3.96. The van der Waals surface area contributed by atoms with Crippen molar-refractivity contribution in [3.8, 4) is 5.75 Å². The highest BCUT2D eigenvalue weighted by atomic mass is 16.5. The summed E-state index contributed by atoms with van der Waals surface area (Å²) < 4.78 is 5.55. The van der Waals surface area contributed by atoms with Gasteiger partial charge in [-0.25, -0.2) is 4.79 Å². The van der Waals surface area contributed by atoms with Gasteiger partial charge in [-0.1, -0.05) is 13.8 Å². The SMILES string of the molecule is CNC(=O)Nc1ccc(C2Nc3cc4c(cc3N2)C(C(C)C)C(=O)N4)c(OC)c1. The van der Waals surface area contributed by atoms with Crippen LogP contribution in [0.4, 0.5) is 27.5 Å². The quantitative estimate of drug-likeness (QED) is 0.543. The summed E-state index contributed by atoms with van der Waals surface area (Å²) in [6, 6.07) is 9.26. The number of nitrogens with one attached hydrogen (secondary N) is 5. The van der Waals surface area contributed by atoms with E-state index in [1.165, 1.54) is 0 Å². The van der Waals surface area contributed by atoms with Gasteiger partial charge in [-0.15, -0.1) is 0 Å². The van der Waals surface area contributed by atoms with Crippen LogP contribution in [0.1, 0.15) is 37.1 Å². The van der Waals surface area contributed by atoms with Gasteiger partial charge in [0.1, 0.15) is 11.9 Å². The molecule has 0 aromatic heterocycles. The van der Waals surface area contributed by atoms with Gasteiger partial charge < -0.3 is 31.3 Å². The van der Waals surface area contributed by atoms with E-state index in [-0.39, 0.29) is 29.9 Å². The number of carbonyl (C=O) groups is 2. The highest BCUT2D eigenvalue weighted by Crippen LogP contribution is 2.46. The van der Waals surface area contributed by atoms with Gasteiger partial charge >= 0.3 is 6.03 Å². The number of ether oxygens (including phenoxy) is 1. The molecule has 8 nitrogen and oxygen atoms in total. The van der Waals surface area contributed by atoms with E-state index in [0.29, 0.717) is 11.4 Å². The molecule has 2 aromatic rings. The second-order valence-electron chi connectivity index (χ2n) is 7.58. The first kappa shape index (κ1) is 18.9. The zero-order valence-electron chi connectivity index (χ0n) is 16.8. The number of hydrogen-bond acceptors (Lipinski definition) is 5. The minimum absolute atomic E-state index is 0.0519. The second-order valence-corrected chi connectivity index (χ2v) is 7.58. The number of benzene rings is 2. The normalized spacial score (nSPS) is 19.0. The second kappa shape index (κ2) is 7.20. The average molecular weight is 395 g/mol. The lowest BCUT2D eigenvalue weighted by atomic mass is 9.89. The Kier molecular flexibility index (Phi) is 4.70. The molecule has 3 amide bonds. The molecule has 0 spiro atoms. The first-order valence-electron chi connectivity index (χ1n) is 9.59. The summed E-state index contributed by atoms with van der Waals surface area (Å²) in [4.78, 5) is 23.8. The Balaban J connectivity index is 1.60. The van der Waals surface area contributed by atoms with Gasteiger partial charge in [-0.2, -0.15) is 0 Å². The van der Waals surface area contributed by atoms with E-state index >= 15 is 0 Å². The Bertz CT molecular complexity index is 989. The van der Waals surface area contributed by atoms with Crippen molar-refractivity contribution in [2.24, 2.45) is 5.92 Å². The van der Waals surface area contributed by atoms with E-state index in [9.17, 15) is 9.59 Å². The van der Waals surface area contributed by atoms with Crippen molar-refractivity contribution in [1.82, 2.24) is 5.32 Å². The van der Waals surface area contributed by atoms with Crippen LogP contribution in [0.5, 0.6) is 5.75 Å². The fourth-order valence-corrected chi connectivity index (χ4v) is 3.96. The summed E-state index contributed by atoms with van der Waals surface area (Å²) in [6.07, 6.45) is -0.190. The molecule has 4 rings (SSSR count). The summed E-state index contributed by atoms with van der Waals surface area (Å²) in [5, 5.41) is 15.2. The van der Waals surface area contributed by atoms with Crippen molar-refractivity contribution in [1.29, 1.82) is 0 Å². The Morgan fingerprint density at radius 1 is 1.07 bits per heavy atom. The van der Waals surface area contributed by atoms with Gasteiger partial charge in [-0.05, 0) is 35.7 Å². The minimum atomic E-state index is -0.291. The van der Waals surface area contributed by atoms with Gasteiger partial charge in [0.25, 0.3) is 0 Å². The molecule has 152 valence electrons. The number of amides is 3. The van der Waals surface area contributed by atoms with Gasteiger partial charge in [0.05, 0.1) is 24.4 Å². The van der Waals surface area contributed by atoms with Crippen LogP contribution < -0.4 is 31.3 Å². The third-order valence-corrected chi connectivity index (χ3v) is 5.36. The maximum Gasteiger partial charge on any atom is 0.318 e. The van der Waals surface area contributed by atoms with Crippen LogP contribution in [0.2, 0.25) is 0 Å².